The zero-order chi connectivity index (χ0) is 16.8. The van der Waals surface area contributed by atoms with Gasteiger partial charge in [-0.05, 0) is 30.6 Å². The first-order valence-corrected chi connectivity index (χ1v) is 8.67. The summed E-state index contributed by atoms with van der Waals surface area (Å²) in [5.74, 6) is 1.85. The van der Waals surface area contributed by atoms with E-state index in [-0.39, 0.29) is 18.6 Å². The van der Waals surface area contributed by atoms with E-state index in [9.17, 15) is 9.90 Å². The van der Waals surface area contributed by atoms with Gasteiger partial charge in [-0.25, -0.2) is 0 Å². The molecule has 2 rings (SSSR count). The number of amides is 1. The van der Waals surface area contributed by atoms with Gasteiger partial charge in [-0.3, -0.25) is 4.79 Å². The molecule has 0 saturated carbocycles. The molecule has 1 atom stereocenters. The first kappa shape index (κ1) is 17.5. The van der Waals surface area contributed by atoms with Crippen molar-refractivity contribution in [1.29, 1.82) is 0 Å². The highest BCUT2D eigenvalue weighted by Gasteiger charge is 2.16. The van der Waals surface area contributed by atoms with Crippen molar-refractivity contribution >= 4 is 28.6 Å². The molecule has 0 aliphatic carbocycles. The lowest BCUT2D eigenvalue weighted by molar-refractivity contribution is 0.0911. The van der Waals surface area contributed by atoms with Crippen LogP contribution >= 0.6 is 11.8 Å². The first-order valence-electron chi connectivity index (χ1n) is 7.28. The Bertz CT molecular complexity index is 630. The number of benzene rings is 1. The number of hydrogen-bond acceptors (Lipinski definition) is 5. The minimum atomic E-state index is -0.245. The van der Waals surface area contributed by atoms with E-state index in [0.717, 1.165) is 23.1 Å². The minimum absolute atomic E-state index is 0.0752. The van der Waals surface area contributed by atoms with Gasteiger partial charge in [0, 0.05) is 17.0 Å². The molecule has 0 radical (unpaired) electrons. The first-order chi connectivity index (χ1) is 11.1. The number of fused-ring (bicyclic) bond motifs is 1. The maximum absolute atomic E-state index is 12.3. The fraction of sp³-hybridized carbons (Fsp3) is 0.438. The highest BCUT2D eigenvalue weighted by molar-refractivity contribution is 7.98. The van der Waals surface area contributed by atoms with Crippen molar-refractivity contribution in [2.75, 3.05) is 32.8 Å². The van der Waals surface area contributed by atoms with E-state index in [4.69, 9.17) is 9.47 Å². The summed E-state index contributed by atoms with van der Waals surface area (Å²) in [6.45, 7) is -0.0752. The van der Waals surface area contributed by atoms with E-state index in [2.05, 4.69) is 10.3 Å². The molecular weight excluding hydrogens is 316 g/mol. The Morgan fingerprint density at radius 2 is 2.00 bits per heavy atom. The number of hydrogen-bond donors (Lipinski definition) is 3. The molecule has 23 heavy (non-hydrogen) atoms. The van der Waals surface area contributed by atoms with Crippen LogP contribution in [0.1, 0.15) is 16.9 Å². The predicted molar refractivity (Wildman–Crippen MR) is 92.7 cm³/mol. The van der Waals surface area contributed by atoms with E-state index in [1.54, 1.807) is 38.1 Å². The second kappa shape index (κ2) is 8.12. The number of ether oxygens (including phenoxy) is 2. The number of thioether (sulfide) groups is 1. The lowest BCUT2D eigenvalue weighted by Crippen LogP contribution is -2.38. The summed E-state index contributed by atoms with van der Waals surface area (Å²) in [5.41, 5.74) is 1.23. The Hall–Kier alpha value is -1.86. The van der Waals surface area contributed by atoms with Crippen LogP contribution in [0.15, 0.2) is 18.2 Å². The fourth-order valence-corrected chi connectivity index (χ4v) is 2.83. The maximum atomic E-state index is 12.3. The van der Waals surface area contributed by atoms with E-state index in [1.807, 2.05) is 12.3 Å². The van der Waals surface area contributed by atoms with Crippen LogP contribution in [0.4, 0.5) is 0 Å². The van der Waals surface area contributed by atoms with Crippen LogP contribution in [-0.4, -0.2) is 54.9 Å². The van der Waals surface area contributed by atoms with Gasteiger partial charge in [-0.2, -0.15) is 11.8 Å². The molecule has 1 unspecified atom stereocenters. The van der Waals surface area contributed by atoms with Gasteiger partial charge in [0.15, 0.2) is 11.5 Å². The number of aromatic amines is 1. The molecule has 0 fully saturated rings. The Kier molecular flexibility index (Phi) is 6.18. The van der Waals surface area contributed by atoms with Crippen molar-refractivity contribution in [2.24, 2.45) is 0 Å². The number of nitrogens with one attached hydrogen (secondary N) is 2. The molecule has 1 amide bonds. The van der Waals surface area contributed by atoms with Crippen molar-refractivity contribution < 1.29 is 19.4 Å². The third kappa shape index (κ3) is 4.11. The molecule has 1 heterocycles. The summed E-state index contributed by atoms with van der Waals surface area (Å²) in [5, 5.41) is 13.1. The summed E-state index contributed by atoms with van der Waals surface area (Å²) >= 11 is 1.68. The lowest BCUT2D eigenvalue weighted by atomic mass is 10.2. The maximum Gasteiger partial charge on any atom is 0.268 e. The summed E-state index contributed by atoms with van der Waals surface area (Å²) in [6, 6.07) is 5.13. The Morgan fingerprint density at radius 1 is 1.30 bits per heavy atom. The van der Waals surface area contributed by atoms with Gasteiger partial charge in [-0.15, -0.1) is 0 Å². The zero-order valence-electron chi connectivity index (χ0n) is 13.5. The largest absolute Gasteiger partial charge is 0.493 e. The number of carbonyl (C=O) groups is 1. The van der Waals surface area contributed by atoms with Crippen LogP contribution in [-0.2, 0) is 0 Å². The SMILES string of the molecule is COc1cc2cc(C(=O)NC(CO)CCSC)[nH]c2cc1OC. The number of aliphatic hydroxyl groups excluding tert-OH is 1. The molecule has 0 aliphatic heterocycles. The van der Waals surface area contributed by atoms with Crippen molar-refractivity contribution in [3.63, 3.8) is 0 Å². The van der Waals surface area contributed by atoms with E-state index in [1.165, 1.54) is 0 Å². The van der Waals surface area contributed by atoms with Crippen LogP contribution in [0.5, 0.6) is 11.5 Å². The Labute approximate surface area is 139 Å². The molecule has 1 aromatic heterocycles. The highest BCUT2D eigenvalue weighted by Crippen LogP contribution is 2.32. The Balaban J connectivity index is 2.20. The van der Waals surface area contributed by atoms with E-state index < -0.39 is 0 Å². The van der Waals surface area contributed by atoms with Gasteiger partial charge in [0.1, 0.15) is 5.69 Å². The number of rotatable bonds is 8. The number of H-pyrrole nitrogens is 1. The standard InChI is InChI=1S/C16H22N2O4S/c1-21-14-7-10-6-13(18-12(10)8-15(14)22-2)16(20)17-11(9-19)4-5-23-3/h6-8,11,18-19H,4-5,9H2,1-3H3,(H,17,20). The van der Waals surface area contributed by atoms with E-state index >= 15 is 0 Å². The van der Waals surface area contributed by atoms with Crippen LogP contribution < -0.4 is 14.8 Å². The van der Waals surface area contributed by atoms with Crippen LogP contribution in [0.2, 0.25) is 0 Å². The molecule has 1 aromatic carbocycles. The number of aromatic nitrogens is 1. The van der Waals surface area contributed by atoms with Gasteiger partial charge < -0.3 is 24.9 Å². The average Bonchev–Trinajstić information content (AvgIpc) is 2.99. The topological polar surface area (TPSA) is 83.6 Å². The van der Waals surface area contributed by atoms with Gasteiger partial charge >= 0.3 is 0 Å². The highest BCUT2D eigenvalue weighted by atomic mass is 32.2. The van der Waals surface area contributed by atoms with Crippen LogP contribution in [0, 0.1) is 0 Å². The molecule has 3 N–H and O–H groups in total. The van der Waals surface area contributed by atoms with Crippen LogP contribution in [0.3, 0.4) is 0 Å². The lowest BCUT2D eigenvalue weighted by Gasteiger charge is -2.14. The summed E-state index contributed by atoms with van der Waals surface area (Å²) in [6.07, 6.45) is 2.72. The van der Waals surface area contributed by atoms with Crippen molar-refractivity contribution in [1.82, 2.24) is 10.3 Å². The van der Waals surface area contributed by atoms with Crippen LogP contribution in [0.25, 0.3) is 10.9 Å². The quantitative estimate of drug-likeness (QED) is 0.686. The molecule has 0 bridgehead atoms. The molecule has 2 aromatic rings. The third-order valence-electron chi connectivity index (χ3n) is 3.60. The smallest absolute Gasteiger partial charge is 0.268 e. The molecular formula is C16H22N2O4S. The molecule has 0 aliphatic rings. The van der Waals surface area contributed by atoms with Crippen molar-refractivity contribution in [3.05, 3.63) is 23.9 Å². The Morgan fingerprint density at radius 3 is 2.61 bits per heavy atom. The van der Waals surface area contributed by atoms with Gasteiger partial charge in [0.25, 0.3) is 5.91 Å². The monoisotopic (exact) mass is 338 g/mol. The van der Waals surface area contributed by atoms with Crippen molar-refractivity contribution in [3.8, 4) is 11.5 Å². The average molecular weight is 338 g/mol. The van der Waals surface area contributed by atoms with Gasteiger partial charge in [0.2, 0.25) is 0 Å². The van der Waals surface area contributed by atoms with Gasteiger partial charge in [-0.1, -0.05) is 0 Å². The second-order valence-corrected chi connectivity index (χ2v) is 6.10. The molecule has 6 nitrogen and oxygen atoms in total. The van der Waals surface area contributed by atoms with Crippen molar-refractivity contribution in [2.45, 2.75) is 12.5 Å². The normalized spacial score (nSPS) is 12.2. The second-order valence-electron chi connectivity index (χ2n) is 5.11. The number of methoxy groups -OCH3 is 2. The molecule has 0 spiro atoms. The fourth-order valence-electron chi connectivity index (χ4n) is 2.31. The predicted octanol–water partition coefficient (Wildman–Crippen LogP) is 2.03. The van der Waals surface area contributed by atoms with E-state index in [0.29, 0.717) is 17.2 Å². The minimum Gasteiger partial charge on any atom is -0.493 e. The molecule has 0 saturated heterocycles. The third-order valence-corrected chi connectivity index (χ3v) is 4.24. The van der Waals surface area contributed by atoms with Gasteiger partial charge in [0.05, 0.1) is 26.9 Å². The molecule has 126 valence electrons. The zero-order valence-corrected chi connectivity index (χ0v) is 14.3. The summed E-state index contributed by atoms with van der Waals surface area (Å²) < 4.78 is 10.5. The number of carbonyl (C=O) groups excluding carboxylic acids is 1. The summed E-state index contributed by atoms with van der Waals surface area (Å²) in [4.78, 5) is 15.4. The summed E-state index contributed by atoms with van der Waals surface area (Å²) in [7, 11) is 3.14. The molecule has 7 heteroatoms. The number of aliphatic hydroxyl groups is 1.